The number of carbonyl (C=O) groups is 1. The van der Waals surface area contributed by atoms with Gasteiger partial charge in [0.05, 0.1) is 24.7 Å². The van der Waals surface area contributed by atoms with E-state index in [1.165, 1.54) is 0 Å². The van der Waals surface area contributed by atoms with Crippen molar-refractivity contribution in [2.75, 3.05) is 31.6 Å². The maximum absolute atomic E-state index is 11.6. The molecule has 0 radical (unpaired) electrons. The second-order valence-electron chi connectivity index (χ2n) is 4.20. The lowest BCUT2D eigenvalue weighted by atomic mass is 10.1. The topological polar surface area (TPSA) is 67.6 Å². The first-order valence-electron chi connectivity index (χ1n) is 5.72. The van der Waals surface area contributed by atoms with Gasteiger partial charge in [0.15, 0.2) is 0 Å². The molecule has 1 heterocycles. The number of hydrogen-bond donors (Lipinski definition) is 2. The van der Waals surface area contributed by atoms with Gasteiger partial charge in [0.2, 0.25) is 5.91 Å². The first-order valence-corrected chi connectivity index (χ1v) is 6.09. The Hall–Kier alpha value is -1.46. The van der Waals surface area contributed by atoms with Gasteiger partial charge in [-0.1, -0.05) is 11.6 Å². The molecule has 1 aromatic rings. The minimum atomic E-state index is -0.0244. The Labute approximate surface area is 111 Å². The van der Waals surface area contributed by atoms with Crippen LogP contribution in [-0.2, 0) is 4.79 Å². The van der Waals surface area contributed by atoms with Crippen LogP contribution in [0.3, 0.4) is 0 Å². The van der Waals surface area contributed by atoms with E-state index in [0.717, 1.165) is 5.69 Å². The Kier molecular flexibility index (Phi) is 3.93. The number of nitrogens with two attached hydrogens (primary N) is 1. The summed E-state index contributed by atoms with van der Waals surface area (Å²) in [5.74, 6) is 0.598. The molecule has 1 aliphatic rings. The zero-order valence-electron chi connectivity index (χ0n) is 10.1. The summed E-state index contributed by atoms with van der Waals surface area (Å²) in [6.07, 6.45) is 0. The first kappa shape index (κ1) is 13.0. The number of piperazine rings is 1. The lowest BCUT2D eigenvalue weighted by molar-refractivity contribution is -0.121. The molecule has 2 rings (SSSR count). The van der Waals surface area contributed by atoms with Gasteiger partial charge in [-0.2, -0.15) is 0 Å². The molecule has 1 saturated heterocycles. The highest BCUT2D eigenvalue weighted by molar-refractivity contribution is 6.32. The summed E-state index contributed by atoms with van der Waals surface area (Å²) >= 11 is 6.08. The van der Waals surface area contributed by atoms with Gasteiger partial charge in [-0.05, 0) is 18.2 Å². The zero-order chi connectivity index (χ0) is 13.1. The molecule has 0 spiro atoms. The molecule has 6 heteroatoms. The van der Waals surface area contributed by atoms with Crippen molar-refractivity contribution >= 4 is 23.2 Å². The van der Waals surface area contributed by atoms with E-state index >= 15 is 0 Å². The summed E-state index contributed by atoms with van der Waals surface area (Å²) in [6, 6.07) is 5.46. The number of nitrogens with zero attached hydrogens (tertiary/aromatic N) is 1. The fraction of sp³-hybridized carbons (Fsp3) is 0.417. The van der Waals surface area contributed by atoms with E-state index in [1.54, 1.807) is 19.2 Å². The largest absolute Gasteiger partial charge is 0.495 e. The highest BCUT2D eigenvalue weighted by Crippen LogP contribution is 2.29. The minimum Gasteiger partial charge on any atom is -0.495 e. The van der Waals surface area contributed by atoms with Crippen LogP contribution in [0.4, 0.5) is 5.69 Å². The summed E-state index contributed by atoms with van der Waals surface area (Å²) in [4.78, 5) is 13.5. The molecule has 1 aromatic carbocycles. The van der Waals surface area contributed by atoms with E-state index in [-0.39, 0.29) is 11.9 Å². The second kappa shape index (κ2) is 5.46. The lowest BCUT2D eigenvalue weighted by Gasteiger charge is -2.34. The van der Waals surface area contributed by atoms with Crippen molar-refractivity contribution in [2.24, 2.45) is 5.73 Å². The van der Waals surface area contributed by atoms with Crippen molar-refractivity contribution in [1.82, 2.24) is 5.32 Å². The van der Waals surface area contributed by atoms with Crippen LogP contribution >= 0.6 is 11.6 Å². The number of rotatable bonds is 3. The second-order valence-corrected chi connectivity index (χ2v) is 4.61. The average Bonchev–Trinajstić information content (AvgIpc) is 2.37. The van der Waals surface area contributed by atoms with Crippen LogP contribution in [0.15, 0.2) is 18.2 Å². The SMILES string of the molecule is COc1ccc(N2CC(=O)NC(CN)C2)cc1Cl. The first-order chi connectivity index (χ1) is 8.63. The third kappa shape index (κ3) is 2.68. The molecule has 5 nitrogen and oxygen atoms in total. The normalized spacial score (nSPS) is 19.6. The molecule has 3 N–H and O–H groups in total. The van der Waals surface area contributed by atoms with Crippen LogP contribution in [0.5, 0.6) is 5.75 Å². The molecule has 18 heavy (non-hydrogen) atoms. The van der Waals surface area contributed by atoms with Crippen molar-refractivity contribution in [3.63, 3.8) is 0 Å². The van der Waals surface area contributed by atoms with Crippen molar-refractivity contribution in [3.8, 4) is 5.75 Å². The van der Waals surface area contributed by atoms with Crippen molar-refractivity contribution in [1.29, 1.82) is 0 Å². The average molecular weight is 270 g/mol. The van der Waals surface area contributed by atoms with Gasteiger partial charge in [-0.3, -0.25) is 4.79 Å². The Morgan fingerprint density at radius 1 is 1.61 bits per heavy atom. The number of anilines is 1. The molecule has 0 aromatic heterocycles. The zero-order valence-corrected chi connectivity index (χ0v) is 10.9. The summed E-state index contributed by atoms with van der Waals surface area (Å²) < 4.78 is 5.10. The Morgan fingerprint density at radius 3 is 3.00 bits per heavy atom. The van der Waals surface area contributed by atoms with E-state index in [2.05, 4.69) is 5.32 Å². The van der Waals surface area contributed by atoms with Crippen LogP contribution in [0.1, 0.15) is 0 Å². The number of benzene rings is 1. The number of ether oxygens (including phenoxy) is 1. The van der Waals surface area contributed by atoms with Gasteiger partial charge in [-0.25, -0.2) is 0 Å². The third-order valence-corrected chi connectivity index (χ3v) is 3.22. The van der Waals surface area contributed by atoms with E-state index in [4.69, 9.17) is 22.1 Å². The van der Waals surface area contributed by atoms with Gasteiger partial charge in [0.1, 0.15) is 5.75 Å². The highest BCUT2D eigenvalue weighted by Gasteiger charge is 2.24. The Morgan fingerprint density at radius 2 is 2.39 bits per heavy atom. The molecule has 1 amide bonds. The molecule has 98 valence electrons. The minimum absolute atomic E-state index is 0.0212. The van der Waals surface area contributed by atoms with E-state index < -0.39 is 0 Å². The summed E-state index contributed by atoms with van der Waals surface area (Å²) in [6.45, 7) is 1.43. The van der Waals surface area contributed by atoms with Crippen LogP contribution in [0.2, 0.25) is 5.02 Å². The van der Waals surface area contributed by atoms with Gasteiger partial charge in [0.25, 0.3) is 0 Å². The number of nitrogens with one attached hydrogen (secondary N) is 1. The molecule has 1 fully saturated rings. The predicted molar refractivity (Wildman–Crippen MR) is 71.2 cm³/mol. The fourth-order valence-electron chi connectivity index (χ4n) is 2.01. The molecular formula is C12H16ClN3O2. The highest BCUT2D eigenvalue weighted by atomic mass is 35.5. The molecule has 1 atom stereocenters. The van der Waals surface area contributed by atoms with E-state index in [0.29, 0.717) is 30.4 Å². The van der Waals surface area contributed by atoms with Crippen LogP contribution in [0.25, 0.3) is 0 Å². The predicted octanol–water partition coefficient (Wildman–Crippen LogP) is 0.612. The van der Waals surface area contributed by atoms with Crippen LogP contribution in [-0.4, -0.2) is 38.7 Å². The van der Waals surface area contributed by atoms with Crippen molar-refractivity contribution in [3.05, 3.63) is 23.2 Å². The fourth-order valence-corrected chi connectivity index (χ4v) is 2.26. The van der Waals surface area contributed by atoms with Gasteiger partial charge in [-0.15, -0.1) is 0 Å². The third-order valence-electron chi connectivity index (χ3n) is 2.93. The number of hydrogen-bond acceptors (Lipinski definition) is 4. The van der Waals surface area contributed by atoms with Crippen molar-refractivity contribution in [2.45, 2.75) is 6.04 Å². The summed E-state index contributed by atoms with van der Waals surface area (Å²) in [7, 11) is 1.57. The number of methoxy groups -OCH3 is 1. The number of halogens is 1. The molecule has 0 saturated carbocycles. The molecule has 1 aliphatic heterocycles. The monoisotopic (exact) mass is 269 g/mol. The lowest BCUT2D eigenvalue weighted by Crippen LogP contribution is -2.56. The van der Waals surface area contributed by atoms with E-state index in [1.807, 2.05) is 11.0 Å². The molecular weight excluding hydrogens is 254 g/mol. The molecule has 0 aliphatic carbocycles. The summed E-state index contributed by atoms with van der Waals surface area (Å²) in [5.41, 5.74) is 6.49. The maximum atomic E-state index is 11.6. The van der Waals surface area contributed by atoms with Crippen LogP contribution in [0, 0.1) is 0 Å². The quantitative estimate of drug-likeness (QED) is 0.844. The standard InChI is InChI=1S/C12H16ClN3O2/c1-18-11-3-2-9(4-10(11)13)16-6-8(5-14)15-12(17)7-16/h2-4,8H,5-7,14H2,1H3,(H,15,17). The maximum Gasteiger partial charge on any atom is 0.239 e. The Bertz CT molecular complexity index is 453. The Balaban J connectivity index is 2.20. The van der Waals surface area contributed by atoms with E-state index in [9.17, 15) is 4.79 Å². The number of carbonyl (C=O) groups excluding carboxylic acids is 1. The van der Waals surface area contributed by atoms with Gasteiger partial charge in [0, 0.05) is 18.8 Å². The molecule has 1 unspecified atom stereocenters. The van der Waals surface area contributed by atoms with Gasteiger partial charge < -0.3 is 20.7 Å². The number of amides is 1. The molecule has 0 bridgehead atoms. The van der Waals surface area contributed by atoms with Crippen LogP contribution < -0.4 is 20.7 Å². The van der Waals surface area contributed by atoms with Crippen molar-refractivity contribution < 1.29 is 9.53 Å². The summed E-state index contributed by atoms with van der Waals surface area (Å²) in [5, 5.41) is 3.37. The smallest absolute Gasteiger partial charge is 0.239 e. The van der Waals surface area contributed by atoms with Gasteiger partial charge >= 0.3 is 0 Å².